The van der Waals surface area contributed by atoms with Crippen LogP contribution in [0.2, 0.25) is 5.02 Å². The number of hydrogen-bond donors (Lipinski definition) is 2. The maximum absolute atomic E-state index is 9.75. The average molecular weight is 308 g/mol. The van der Waals surface area contributed by atoms with Crippen LogP contribution in [-0.4, -0.2) is 27.0 Å². The van der Waals surface area contributed by atoms with Gasteiger partial charge in [-0.05, 0) is 52.0 Å². The van der Waals surface area contributed by atoms with Crippen LogP contribution in [0.15, 0.2) is 24.3 Å². The summed E-state index contributed by atoms with van der Waals surface area (Å²) >= 11 is 5.92. The molecule has 5 heteroatoms. The highest BCUT2D eigenvalue weighted by Gasteiger charge is 2.15. The van der Waals surface area contributed by atoms with E-state index in [2.05, 4.69) is 17.3 Å². The Hall–Kier alpha value is -1.36. The minimum Gasteiger partial charge on any atom is -0.389 e. The van der Waals surface area contributed by atoms with Gasteiger partial charge < -0.3 is 10.4 Å². The second kappa shape index (κ2) is 6.18. The molecule has 0 saturated heterocycles. The molecule has 1 aromatic heterocycles. The second-order valence-electron chi connectivity index (χ2n) is 5.95. The van der Waals surface area contributed by atoms with Crippen molar-refractivity contribution in [3.8, 4) is 5.69 Å². The lowest BCUT2D eigenvalue weighted by Crippen LogP contribution is -2.34. The van der Waals surface area contributed by atoms with E-state index in [1.165, 1.54) is 0 Å². The molecule has 2 aromatic rings. The number of rotatable bonds is 5. The second-order valence-corrected chi connectivity index (χ2v) is 6.39. The Morgan fingerprint density at radius 1 is 1.24 bits per heavy atom. The topological polar surface area (TPSA) is 50.1 Å². The third-order valence-electron chi connectivity index (χ3n) is 3.37. The third kappa shape index (κ3) is 4.06. The van der Waals surface area contributed by atoms with Crippen molar-refractivity contribution in [3.63, 3.8) is 0 Å². The molecule has 0 fully saturated rings. The molecule has 2 N–H and O–H groups in total. The highest BCUT2D eigenvalue weighted by molar-refractivity contribution is 6.30. The van der Waals surface area contributed by atoms with Crippen LogP contribution in [0.3, 0.4) is 0 Å². The summed E-state index contributed by atoms with van der Waals surface area (Å²) in [5.41, 5.74) is 3.53. The van der Waals surface area contributed by atoms with Gasteiger partial charge in [-0.15, -0.1) is 0 Å². The van der Waals surface area contributed by atoms with Gasteiger partial charge in [0, 0.05) is 29.4 Å². The predicted molar refractivity (Wildman–Crippen MR) is 86.1 cm³/mol. The number of halogens is 1. The highest BCUT2D eigenvalue weighted by atomic mass is 35.5. The number of hydrogen-bond acceptors (Lipinski definition) is 3. The average Bonchev–Trinajstić information content (AvgIpc) is 2.66. The molecule has 1 aromatic carbocycles. The molecule has 21 heavy (non-hydrogen) atoms. The van der Waals surface area contributed by atoms with Gasteiger partial charge >= 0.3 is 0 Å². The van der Waals surface area contributed by atoms with Crippen molar-refractivity contribution in [1.82, 2.24) is 15.1 Å². The first-order valence-corrected chi connectivity index (χ1v) is 7.40. The number of aryl methyl sites for hydroxylation is 1. The largest absolute Gasteiger partial charge is 0.389 e. The quantitative estimate of drug-likeness (QED) is 0.893. The Morgan fingerprint density at radius 3 is 2.43 bits per heavy atom. The van der Waals surface area contributed by atoms with Crippen molar-refractivity contribution < 1.29 is 5.11 Å². The fraction of sp³-hybridized carbons (Fsp3) is 0.438. The first-order valence-electron chi connectivity index (χ1n) is 7.02. The first-order chi connectivity index (χ1) is 9.78. The molecule has 2 rings (SSSR count). The van der Waals surface area contributed by atoms with Gasteiger partial charge in [-0.3, -0.25) is 0 Å². The molecule has 0 unspecified atom stereocenters. The van der Waals surface area contributed by atoms with Crippen LogP contribution >= 0.6 is 11.6 Å². The maximum atomic E-state index is 9.75. The molecule has 0 radical (unpaired) electrons. The van der Waals surface area contributed by atoms with Gasteiger partial charge in [0.25, 0.3) is 0 Å². The third-order valence-corrected chi connectivity index (χ3v) is 3.62. The zero-order chi connectivity index (χ0) is 15.6. The number of benzene rings is 1. The molecule has 0 atom stereocenters. The van der Waals surface area contributed by atoms with Crippen LogP contribution in [0.25, 0.3) is 5.69 Å². The van der Waals surface area contributed by atoms with E-state index in [1.54, 1.807) is 13.8 Å². The number of nitrogens with one attached hydrogen (secondary N) is 1. The zero-order valence-electron chi connectivity index (χ0n) is 12.9. The number of aromatic nitrogens is 2. The molecule has 0 aliphatic heterocycles. The fourth-order valence-corrected chi connectivity index (χ4v) is 2.38. The summed E-state index contributed by atoms with van der Waals surface area (Å²) in [6.07, 6.45) is 0. The molecule has 0 amide bonds. The molecule has 0 aliphatic rings. The maximum Gasteiger partial charge on any atom is 0.0715 e. The van der Waals surface area contributed by atoms with E-state index in [9.17, 15) is 5.11 Å². The monoisotopic (exact) mass is 307 g/mol. The van der Waals surface area contributed by atoms with Gasteiger partial charge in [0.15, 0.2) is 0 Å². The van der Waals surface area contributed by atoms with Crippen molar-refractivity contribution in [1.29, 1.82) is 0 Å². The Balaban J connectivity index is 2.19. The Kier molecular flexibility index (Phi) is 4.71. The lowest BCUT2D eigenvalue weighted by atomic mass is 10.1. The summed E-state index contributed by atoms with van der Waals surface area (Å²) in [5.74, 6) is 0. The van der Waals surface area contributed by atoms with Crippen molar-refractivity contribution >= 4 is 11.6 Å². The van der Waals surface area contributed by atoms with E-state index < -0.39 is 5.60 Å². The van der Waals surface area contributed by atoms with Gasteiger partial charge in [0.1, 0.15) is 0 Å². The van der Waals surface area contributed by atoms with E-state index in [0.29, 0.717) is 18.1 Å². The predicted octanol–water partition coefficient (Wildman–Crippen LogP) is 3.00. The summed E-state index contributed by atoms with van der Waals surface area (Å²) in [4.78, 5) is 0. The summed E-state index contributed by atoms with van der Waals surface area (Å²) in [6, 6.07) is 7.63. The molecule has 4 nitrogen and oxygen atoms in total. The van der Waals surface area contributed by atoms with Crippen LogP contribution in [0.1, 0.15) is 30.8 Å². The lowest BCUT2D eigenvalue weighted by Gasteiger charge is -2.17. The van der Waals surface area contributed by atoms with Crippen LogP contribution in [0, 0.1) is 13.8 Å². The molecule has 0 aliphatic carbocycles. The van der Waals surface area contributed by atoms with Gasteiger partial charge in [-0.2, -0.15) is 5.10 Å². The normalized spacial score (nSPS) is 11.9. The van der Waals surface area contributed by atoms with Gasteiger partial charge in [-0.1, -0.05) is 11.6 Å². The summed E-state index contributed by atoms with van der Waals surface area (Å²) < 4.78 is 1.92. The molecule has 114 valence electrons. The Labute approximate surface area is 130 Å². The Morgan fingerprint density at radius 2 is 1.86 bits per heavy atom. The zero-order valence-corrected chi connectivity index (χ0v) is 13.7. The Bertz CT molecular complexity index is 612. The molecule has 0 saturated carbocycles. The molecular weight excluding hydrogens is 286 g/mol. The molecular formula is C16H22ClN3O. The minimum absolute atomic E-state index is 0.540. The first kappa shape index (κ1) is 16.0. The SMILES string of the molecule is Cc1nn(-c2ccc(Cl)cc2)c(C)c1CNCC(C)(C)O. The highest BCUT2D eigenvalue weighted by Crippen LogP contribution is 2.19. The van der Waals surface area contributed by atoms with Crippen molar-refractivity contribution in [2.75, 3.05) is 6.54 Å². The van der Waals surface area contributed by atoms with Gasteiger partial charge in [0.2, 0.25) is 0 Å². The van der Waals surface area contributed by atoms with Crippen molar-refractivity contribution in [2.45, 2.75) is 39.8 Å². The summed E-state index contributed by atoms with van der Waals surface area (Å²) in [7, 11) is 0. The molecule has 1 heterocycles. The minimum atomic E-state index is -0.714. The van der Waals surface area contributed by atoms with Gasteiger partial charge in [0.05, 0.1) is 17.0 Å². The van der Waals surface area contributed by atoms with Crippen LogP contribution in [-0.2, 0) is 6.54 Å². The van der Waals surface area contributed by atoms with Crippen molar-refractivity contribution in [3.05, 3.63) is 46.2 Å². The van der Waals surface area contributed by atoms with E-state index in [-0.39, 0.29) is 0 Å². The number of aliphatic hydroxyl groups is 1. The van der Waals surface area contributed by atoms with E-state index in [0.717, 1.165) is 22.6 Å². The van der Waals surface area contributed by atoms with Gasteiger partial charge in [-0.25, -0.2) is 4.68 Å². The van der Waals surface area contributed by atoms with E-state index >= 15 is 0 Å². The summed E-state index contributed by atoms with van der Waals surface area (Å²) in [5, 5.41) is 18.3. The standard InChI is InChI=1S/C16H22ClN3O/c1-11-15(9-18-10-16(3,4)21)12(2)20(19-11)14-7-5-13(17)6-8-14/h5-8,18,21H,9-10H2,1-4H3. The molecule has 0 spiro atoms. The van der Waals surface area contributed by atoms with Crippen LogP contribution < -0.4 is 5.32 Å². The van der Waals surface area contributed by atoms with Crippen molar-refractivity contribution in [2.24, 2.45) is 0 Å². The number of nitrogens with zero attached hydrogens (tertiary/aromatic N) is 2. The molecule has 0 bridgehead atoms. The van der Waals surface area contributed by atoms with Crippen LogP contribution in [0.4, 0.5) is 0 Å². The van der Waals surface area contributed by atoms with Crippen LogP contribution in [0.5, 0.6) is 0 Å². The fourth-order valence-electron chi connectivity index (χ4n) is 2.26. The smallest absolute Gasteiger partial charge is 0.0715 e. The summed E-state index contributed by atoms with van der Waals surface area (Å²) in [6.45, 7) is 8.86. The van der Waals surface area contributed by atoms with E-state index in [1.807, 2.05) is 35.9 Å². The lowest BCUT2D eigenvalue weighted by molar-refractivity contribution is 0.0794. The van der Waals surface area contributed by atoms with E-state index in [4.69, 9.17) is 11.6 Å².